The molecule has 2 aromatic heterocycles. The van der Waals surface area contributed by atoms with Gasteiger partial charge in [0.25, 0.3) is 13.4 Å². The average molecular weight is 1150 g/mol. The molecule has 0 atom stereocenters. The molecular formula is C80H59B2N3O2S. The quantitative estimate of drug-likeness (QED) is 0.160. The molecule has 5 nitrogen and oxygen atoms in total. The summed E-state index contributed by atoms with van der Waals surface area (Å²) in [6, 6.07) is 92.8. The third-order valence-electron chi connectivity index (χ3n) is 19.2. The van der Waals surface area contributed by atoms with E-state index in [4.69, 9.17) is 9.15 Å². The number of nitrogens with zero attached hydrogens (tertiary/aromatic N) is 3. The lowest BCUT2D eigenvalue weighted by molar-refractivity contribution is 0.481. The van der Waals surface area contributed by atoms with Gasteiger partial charge in [-0.15, -0.1) is 0 Å². The number of benzene rings is 12. The topological polar surface area (TPSA) is 33.8 Å². The first-order valence-electron chi connectivity index (χ1n) is 30.8. The van der Waals surface area contributed by atoms with Gasteiger partial charge in [0.2, 0.25) is 0 Å². The van der Waals surface area contributed by atoms with E-state index in [9.17, 15) is 0 Å². The largest absolute Gasteiger partial charge is 0.458 e. The Hall–Kier alpha value is -9.88. The number of hydrogen-bond donors (Lipinski definition) is 0. The van der Waals surface area contributed by atoms with Crippen LogP contribution in [0.1, 0.15) is 52.7 Å². The molecule has 0 bridgehead atoms. The maximum Gasteiger partial charge on any atom is 0.253 e. The Morgan fingerprint density at radius 1 is 0.375 bits per heavy atom. The summed E-state index contributed by atoms with van der Waals surface area (Å²) < 4.78 is 16.8. The maximum atomic E-state index is 7.39. The summed E-state index contributed by atoms with van der Waals surface area (Å²) >= 11 is 1.90. The summed E-state index contributed by atoms with van der Waals surface area (Å²) in [7, 11) is 0. The molecule has 18 rings (SSSR count). The smallest absolute Gasteiger partial charge is 0.253 e. The van der Waals surface area contributed by atoms with Gasteiger partial charge in [0.15, 0.2) is 5.58 Å². The minimum Gasteiger partial charge on any atom is -0.458 e. The van der Waals surface area contributed by atoms with E-state index in [1.165, 1.54) is 86.9 Å². The molecule has 0 spiro atoms. The van der Waals surface area contributed by atoms with Crippen molar-refractivity contribution in [1.82, 2.24) is 4.57 Å². The SMILES string of the molecule is CC(C)(C)c1cc2c3c(c1)Sc1cc4c(cc1B3c1ccc(-n3c5ccccc5c5ccccc53)cc1O2)B1c2ccccc2N(c2cccc3c2oc2ccccc23)c2cc(C(C)(C)C)cc(c21)N4c1c(-c2ccccc2)cccc1-c1ccccc1. The molecule has 0 unspecified atom stereocenters. The van der Waals surface area contributed by atoms with Gasteiger partial charge in [-0.3, -0.25) is 0 Å². The minimum absolute atomic E-state index is 0.119. The number of ether oxygens (including phenoxy) is 1. The highest BCUT2D eigenvalue weighted by Gasteiger charge is 2.48. The molecule has 4 aliphatic rings. The Morgan fingerprint density at radius 3 is 1.66 bits per heavy atom. The molecular weight excluding hydrogens is 1090 g/mol. The predicted molar refractivity (Wildman–Crippen MR) is 372 cm³/mol. The number of rotatable bonds is 5. The van der Waals surface area contributed by atoms with Gasteiger partial charge >= 0.3 is 0 Å². The van der Waals surface area contributed by atoms with Crippen molar-refractivity contribution >= 4 is 136 Å². The van der Waals surface area contributed by atoms with Gasteiger partial charge in [0, 0.05) is 77.0 Å². The van der Waals surface area contributed by atoms with Crippen LogP contribution in [0.3, 0.4) is 0 Å². The van der Waals surface area contributed by atoms with Crippen LogP contribution in [0, 0.1) is 0 Å². The summed E-state index contributed by atoms with van der Waals surface area (Å²) in [6.45, 7) is 13.7. The van der Waals surface area contributed by atoms with Crippen LogP contribution in [0.25, 0.3) is 71.7 Å². The van der Waals surface area contributed by atoms with Crippen LogP contribution in [0.4, 0.5) is 34.1 Å². The Kier molecular flexibility index (Phi) is 11.0. The van der Waals surface area contributed by atoms with Crippen molar-refractivity contribution in [2.24, 2.45) is 0 Å². The van der Waals surface area contributed by atoms with Crippen LogP contribution in [0.2, 0.25) is 0 Å². The molecule has 0 radical (unpaired) electrons. The first-order valence-corrected chi connectivity index (χ1v) is 31.6. The average Bonchev–Trinajstić information content (AvgIpc) is 0.740. The molecule has 0 amide bonds. The lowest BCUT2D eigenvalue weighted by atomic mass is 9.31. The normalized spacial score (nSPS) is 13.8. The lowest BCUT2D eigenvalue weighted by Gasteiger charge is -2.46. The van der Waals surface area contributed by atoms with Crippen molar-refractivity contribution in [1.29, 1.82) is 0 Å². The first kappa shape index (κ1) is 51.4. The van der Waals surface area contributed by atoms with E-state index in [1.807, 2.05) is 11.8 Å². The molecule has 0 saturated heterocycles. The molecule has 0 aliphatic carbocycles. The molecule has 0 N–H and O–H groups in total. The summed E-state index contributed by atoms with van der Waals surface area (Å²) in [4.78, 5) is 7.70. The van der Waals surface area contributed by atoms with E-state index >= 15 is 0 Å². The second-order valence-corrected chi connectivity index (χ2v) is 27.4. The molecule has 8 heteroatoms. The van der Waals surface area contributed by atoms with E-state index < -0.39 is 0 Å². The molecule has 0 saturated carbocycles. The van der Waals surface area contributed by atoms with Gasteiger partial charge < -0.3 is 23.5 Å². The number of anilines is 6. The van der Waals surface area contributed by atoms with Gasteiger partial charge in [-0.2, -0.15) is 0 Å². The Balaban J connectivity index is 0.949. The Morgan fingerprint density at radius 2 is 0.955 bits per heavy atom. The monoisotopic (exact) mass is 1150 g/mol. The van der Waals surface area contributed by atoms with Crippen molar-refractivity contribution in [2.45, 2.75) is 62.2 Å². The fourth-order valence-electron chi connectivity index (χ4n) is 15.0. The maximum absolute atomic E-state index is 7.39. The molecule has 0 fully saturated rings. The van der Waals surface area contributed by atoms with Gasteiger partial charge in [-0.05, 0) is 127 Å². The van der Waals surface area contributed by atoms with Gasteiger partial charge in [-0.25, -0.2) is 0 Å². The van der Waals surface area contributed by atoms with Crippen LogP contribution in [0.15, 0.2) is 263 Å². The molecule has 4 aliphatic heterocycles. The number of aromatic nitrogens is 1. The van der Waals surface area contributed by atoms with Crippen molar-refractivity contribution < 1.29 is 9.15 Å². The lowest BCUT2D eigenvalue weighted by Crippen LogP contribution is -2.64. The van der Waals surface area contributed by atoms with Gasteiger partial charge in [-0.1, -0.05) is 235 Å². The number of hydrogen-bond acceptors (Lipinski definition) is 5. The van der Waals surface area contributed by atoms with E-state index in [0.29, 0.717) is 0 Å². The third-order valence-corrected chi connectivity index (χ3v) is 20.3. The Labute approximate surface area is 517 Å². The van der Waals surface area contributed by atoms with E-state index in [-0.39, 0.29) is 24.3 Å². The van der Waals surface area contributed by atoms with E-state index in [0.717, 1.165) is 84.1 Å². The zero-order valence-corrected chi connectivity index (χ0v) is 50.7. The van der Waals surface area contributed by atoms with Crippen LogP contribution in [-0.2, 0) is 10.8 Å². The van der Waals surface area contributed by atoms with Crippen molar-refractivity contribution in [3.8, 4) is 39.4 Å². The van der Waals surface area contributed by atoms with Crippen LogP contribution < -0.4 is 47.3 Å². The van der Waals surface area contributed by atoms with Crippen molar-refractivity contribution in [3.05, 3.63) is 260 Å². The zero-order valence-electron chi connectivity index (χ0n) is 49.9. The fraction of sp³-hybridized carbons (Fsp3) is 0.100. The number of fused-ring (bicyclic) bond motifs is 14. The summed E-state index contributed by atoms with van der Waals surface area (Å²) in [6.07, 6.45) is 0. The highest BCUT2D eigenvalue weighted by Crippen LogP contribution is 2.53. The Bertz CT molecular complexity index is 5170. The predicted octanol–water partition coefficient (Wildman–Crippen LogP) is 17.8. The van der Waals surface area contributed by atoms with Gasteiger partial charge in [0.05, 0.1) is 22.4 Å². The van der Waals surface area contributed by atoms with Crippen molar-refractivity contribution in [2.75, 3.05) is 9.80 Å². The minimum atomic E-state index is -0.238. The summed E-state index contributed by atoms with van der Waals surface area (Å²) in [5.41, 5.74) is 26.2. The van der Waals surface area contributed by atoms with Crippen LogP contribution in [-0.4, -0.2) is 18.0 Å². The highest BCUT2D eigenvalue weighted by molar-refractivity contribution is 8.00. The number of para-hydroxylation sites is 6. The third kappa shape index (κ3) is 7.51. The first-order chi connectivity index (χ1) is 42.9. The standard InChI is InChI=1S/C80H59B2N3O2S/c1-79(2,3)50-41-68-75-69(42-50)85(77-53(48-23-9-7-10-24-48)30-21-31-54(77)49-25-11-8-12-26-49)67-47-73-62(46-61(67)81(75)59-33-16-19-36-65(59)84(68)66-37-22-32-58-57-29-15-20-38-70(57)87-78(58)66)82-60-40-39-52(83-63-34-17-13-27-55(63)56-28-14-18-35-64(56)83)45-71(60)86-72-43-51(80(4,5)6)44-74(88-73)76(72)82/h7-47H,1-6H3. The second-order valence-electron chi connectivity index (χ2n) is 26.3. The van der Waals surface area contributed by atoms with Gasteiger partial charge in [0.1, 0.15) is 17.1 Å². The van der Waals surface area contributed by atoms with Crippen molar-refractivity contribution in [3.63, 3.8) is 0 Å². The second kappa shape index (κ2) is 18.8. The molecule has 88 heavy (non-hydrogen) atoms. The van der Waals surface area contributed by atoms with Crippen LogP contribution >= 0.6 is 11.8 Å². The molecule has 418 valence electrons. The van der Waals surface area contributed by atoms with E-state index in [2.05, 4.69) is 305 Å². The number of furan rings is 1. The van der Waals surface area contributed by atoms with E-state index in [1.54, 1.807) is 0 Å². The fourth-order valence-corrected chi connectivity index (χ4v) is 16.2. The van der Waals surface area contributed by atoms with Crippen LogP contribution in [0.5, 0.6) is 11.5 Å². The highest BCUT2D eigenvalue weighted by atomic mass is 32.2. The summed E-state index contributed by atoms with van der Waals surface area (Å²) in [5, 5.41) is 4.68. The molecule has 6 heterocycles. The molecule has 12 aromatic carbocycles. The molecule has 14 aromatic rings. The zero-order chi connectivity index (χ0) is 58.9. The summed E-state index contributed by atoms with van der Waals surface area (Å²) in [5.74, 6) is 1.82.